The first kappa shape index (κ1) is 11.3. The maximum Gasteiger partial charge on any atom is 0.0549 e. The molecule has 0 spiro atoms. The van der Waals surface area contributed by atoms with Gasteiger partial charge in [0.2, 0.25) is 0 Å². The maximum absolute atomic E-state index is 9.72. The maximum atomic E-state index is 9.72. The molecule has 1 aromatic rings. The van der Waals surface area contributed by atoms with Crippen LogP contribution in [0.2, 0.25) is 0 Å². The predicted molar refractivity (Wildman–Crippen MR) is 70.2 cm³/mol. The molecule has 0 aromatic heterocycles. The van der Waals surface area contributed by atoms with Gasteiger partial charge in [-0.1, -0.05) is 37.6 Å². The summed E-state index contributed by atoms with van der Waals surface area (Å²) in [6.07, 6.45) is 7.06. The monoisotopic (exact) mass is 230 g/mol. The fourth-order valence-electron chi connectivity index (χ4n) is 3.37. The Kier molecular flexibility index (Phi) is 2.74. The summed E-state index contributed by atoms with van der Waals surface area (Å²) in [5.41, 5.74) is 3.14. The van der Waals surface area contributed by atoms with Crippen molar-refractivity contribution in [1.29, 1.82) is 0 Å². The van der Waals surface area contributed by atoms with Crippen molar-refractivity contribution in [1.82, 2.24) is 0 Å². The molecule has 1 aromatic carbocycles. The van der Waals surface area contributed by atoms with Gasteiger partial charge in [-0.25, -0.2) is 0 Å². The first-order valence-corrected chi connectivity index (χ1v) is 6.96. The van der Waals surface area contributed by atoms with Gasteiger partial charge in [-0.15, -0.1) is 0 Å². The topological polar surface area (TPSA) is 20.2 Å². The van der Waals surface area contributed by atoms with Crippen molar-refractivity contribution in [2.75, 3.05) is 0 Å². The van der Waals surface area contributed by atoms with Crippen LogP contribution in [0.4, 0.5) is 0 Å². The quantitative estimate of drug-likeness (QED) is 0.820. The van der Waals surface area contributed by atoms with E-state index in [9.17, 15) is 5.11 Å². The second-order valence-corrected chi connectivity index (χ2v) is 6.21. The van der Waals surface area contributed by atoms with Gasteiger partial charge in [0.25, 0.3) is 0 Å². The summed E-state index contributed by atoms with van der Waals surface area (Å²) in [6.45, 7) is 2.29. The number of hydrogen-bond acceptors (Lipinski definition) is 1. The molecule has 0 saturated heterocycles. The molecule has 0 radical (unpaired) electrons. The predicted octanol–water partition coefficient (Wildman–Crippen LogP) is 3.76. The summed E-state index contributed by atoms with van der Waals surface area (Å²) >= 11 is 0. The SMILES string of the molecule is CC1(c2ccc(C3CCC3)cc2)CCC(O)C1. The molecule has 17 heavy (non-hydrogen) atoms. The third-order valence-electron chi connectivity index (χ3n) is 4.90. The second kappa shape index (κ2) is 4.13. The van der Waals surface area contributed by atoms with E-state index < -0.39 is 0 Å². The zero-order valence-electron chi connectivity index (χ0n) is 10.7. The third kappa shape index (κ3) is 2.01. The lowest BCUT2D eigenvalue weighted by molar-refractivity contribution is 0.175. The van der Waals surface area contributed by atoms with E-state index in [-0.39, 0.29) is 11.5 Å². The molecule has 2 saturated carbocycles. The highest BCUT2D eigenvalue weighted by atomic mass is 16.3. The minimum absolute atomic E-state index is 0.0914. The van der Waals surface area contributed by atoms with E-state index in [1.165, 1.54) is 30.4 Å². The van der Waals surface area contributed by atoms with Crippen molar-refractivity contribution in [3.05, 3.63) is 35.4 Å². The molecule has 0 amide bonds. The van der Waals surface area contributed by atoms with Gasteiger partial charge < -0.3 is 5.11 Å². The molecule has 1 N–H and O–H groups in total. The lowest BCUT2D eigenvalue weighted by Crippen LogP contribution is -2.19. The third-order valence-corrected chi connectivity index (χ3v) is 4.90. The summed E-state index contributed by atoms with van der Waals surface area (Å²) in [4.78, 5) is 0. The van der Waals surface area contributed by atoms with Crippen molar-refractivity contribution in [2.45, 2.75) is 62.9 Å². The zero-order valence-corrected chi connectivity index (χ0v) is 10.7. The minimum atomic E-state index is -0.0914. The fourth-order valence-corrected chi connectivity index (χ4v) is 3.37. The first-order chi connectivity index (χ1) is 8.17. The smallest absolute Gasteiger partial charge is 0.0549 e. The van der Waals surface area contributed by atoms with Crippen molar-refractivity contribution in [3.63, 3.8) is 0 Å². The summed E-state index contributed by atoms with van der Waals surface area (Å²) in [5.74, 6) is 0.825. The Bertz CT molecular complexity index is 390. The number of benzene rings is 1. The van der Waals surface area contributed by atoms with Crippen LogP contribution in [0.5, 0.6) is 0 Å². The molecule has 2 aliphatic rings. The Labute approximate surface area is 104 Å². The fraction of sp³-hybridized carbons (Fsp3) is 0.625. The number of aliphatic hydroxyl groups excluding tert-OH is 1. The summed E-state index contributed by atoms with van der Waals surface area (Å²) in [5, 5.41) is 9.72. The molecule has 0 heterocycles. The first-order valence-electron chi connectivity index (χ1n) is 6.96. The van der Waals surface area contributed by atoms with Gasteiger partial charge in [-0.2, -0.15) is 0 Å². The lowest BCUT2D eigenvalue weighted by atomic mass is 9.77. The van der Waals surface area contributed by atoms with Crippen LogP contribution in [0.3, 0.4) is 0 Å². The molecule has 2 atom stereocenters. The molecule has 92 valence electrons. The highest BCUT2D eigenvalue weighted by Crippen LogP contribution is 2.42. The highest BCUT2D eigenvalue weighted by molar-refractivity contribution is 5.32. The lowest BCUT2D eigenvalue weighted by Gasteiger charge is -2.28. The minimum Gasteiger partial charge on any atom is -0.393 e. The van der Waals surface area contributed by atoms with E-state index >= 15 is 0 Å². The van der Waals surface area contributed by atoms with E-state index in [1.807, 2.05) is 0 Å². The van der Waals surface area contributed by atoms with Crippen LogP contribution < -0.4 is 0 Å². The van der Waals surface area contributed by atoms with Crippen LogP contribution in [0.15, 0.2) is 24.3 Å². The van der Waals surface area contributed by atoms with E-state index in [4.69, 9.17) is 0 Å². The average molecular weight is 230 g/mol. The average Bonchev–Trinajstić information content (AvgIpc) is 2.58. The summed E-state index contributed by atoms with van der Waals surface area (Å²) in [6, 6.07) is 9.22. The van der Waals surface area contributed by atoms with Gasteiger partial charge in [0.1, 0.15) is 0 Å². The van der Waals surface area contributed by atoms with Gasteiger partial charge in [0, 0.05) is 0 Å². The van der Waals surface area contributed by atoms with Crippen LogP contribution in [-0.4, -0.2) is 11.2 Å². The molecular weight excluding hydrogens is 208 g/mol. The van der Waals surface area contributed by atoms with Crippen LogP contribution in [-0.2, 0) is 5.41 Å². The zero-order chi connectivity index (χ0) is 11.9. The Morgan fingerprint density at radius 3 is 2.29 bits per heavy atom. The van der Waals surface area contributed by atoms with Crippen LogP contribution >= 0.6 is 0 Å². The Morgan fingerprint density at radius 2 is 1.82 bits per heavy atom. The largest absolute Gasteiger partial charge is 0.393 e. The van der Waals surface area contributed by atoms with E-state index in [0.717, 1.165) is 25.2 Å². The second-order valence-electron chi connectivity index (χ2n) is 6.21. The molecular formula is C16H22O. The molecule has 2 unspecified atom stereocenters. The van der Waals surface area contributed by atoms with Crippen LogP contribution in [0, 0.1) is 0 Å². The van der Waals surface area contributed by atoms with Crippen molar-refractivity contribution in [2.24, 2.45) is 0 Å². The van der Waals surface area contributed by atoms with E-state index in [1.54, 1.807) is 0 Å². The Hall–Kier alpha value is -0.820. The normalized spacial score (nSPS) is 33.6. The van der Waals surface area contributed by atoms with Gasteiger partial charge in [0.05, 0.1) is 6.10 Å². The Balaban J connectivity index is 1.79. The molecule has 0 bridgehead atoms. The number of aliphatic hydroxyl groups is 1. The van der Waals surface area contributed by atoms with Gasteiger partial charge in [-0.3, -0.25) is 0 Å². The molecule has 3 rings (SSSR count). The molecule has 1 nitrogen and oxygen atoms in total. The number of rotatable bonds is 2. The van der Waals surface area contributed by atoms with Crippen LogP contribution in [0.1, 0.15) is 62.5 Å². The number of hydrogen-bond donors (Lipinski definition) is 1. The van der Waals surface area contributed by atoms with Gasteiger partial charge in [-0.05, 0) is 54.6 Å². The van der Waals surface area contributed by atoms with Crippen molar-refractivity contribution < 1.29 is 5.11 Å². The van der Waals surface area contributed by atoms with E-state index in [0.29, 0.717) is 0 Å². The van der Waals surface area contributed by atoms with Crippen LogP contribution in [0.25, 0.3) is 0 Å². The van der Waals surface area contributed by atoms with Gasteiger partial charge in [0.15, 0.2) is 0 Å². The molecule has 0 aliphatic heterocycles. The standard InChI is InChI=1S/C16H22O/c1-16(10-9-15(17)11-16)14-7-5-13(6-8-14)12-3-2-4-12/h5-8,12,15,17H,2-4,9-11H2,1H3. The molecule has 2 fully saturated rings. The van der Waals surface area contributed by atoms with E-state index in [2.05, 4.69) is 31.2 Å². The van der Waals surface area contributed by atoms with Gasteiger partial charge >= 0.3 is 0 Å². The Morgan fingerprint density at radius 1 is 1.12 bits per heavy atom. The molecule has 1 heteroatoms. The van der Waals surface area contributed by atoms with Crippen molar-refractivity contribution in [3.8, 4) is 0 Å². The summed E-state index contributed by atoms with van der Waals surface area (Å²) in [7, 11) is 0. The molecule has 2 aliphatic carbocycles. The highest BCUT2D eigenvalue weighted by Gasteiger charge is 2.35. The van der Waals surface area contributed by atoms with Crippen molar-refractivity contribution >= 4 is 0 Å². The summed E-state index contributed by atoms with van der Waals surface area (Å²) < 4.78 is 0.